The summed E-state index contributed by atoms with van der Waals surface area (Å²) in [4.78, 5) is 14.2. The van der Waals surface area contributed by atoms with Crippen molar-refractivity contribution in [2.24, 2.45) is 0 Å². The second-order valence-corrected chi connectivity index (χ2v) is 4.28. The molecule has 1 aromatic rings. The Labute approximate surface area is 105 Å². The Bertz CT molecular complexity index is 313. The fourth-order valence-corrected chi connectivity index (χ4v) is 1.71. The number of carbonyl (C=O) groups excluding carboxylic acids is 1. The third-order valence-electron chi connectivity index (χ3n) is 2.79. The second kappa shape index (κ2) is 7.88. The Morgan fingerprint density at radius 2 is 1.82 bits per heavy atom. The maximum atomic E-state index is 12.3. The van der Waals surface area contributed by atoms with Gasteiger partial charge in [-0.15, -0.1) is 0 Å². The summed E-state index contributed by atoms with van der Waals surface area (Å²) in [5.74, 6) is 0.118. The average molecular weight is 232 g/mol. The van der Waals surface area contributed by atoms with E-state index in [1.54, 1.807) is 6.07 Å². The minimum atomic E-state index is 0.118. The number of nitrogens with zero attached hydrogens (tertiary/aromatic N) is 1. The van der Waals surface area contributed by atoms with E-state index in [1.807, 2.05) is 23.1 Å². The topological polar surface area (TPSA) is 20.3 Å². The molecule has 1 amide bonds. The van der Waals surface area contributed by atoms with Gasteiger partial charge in [-0.25, -0.2) is 0 Å². The lowest BCUT2D eigenvalue weighted by Crippen LogP contribution is -2.32. The van der Waals surface area contributed by atoms with Crippen molar-refractivity contribution in [3.8, 4) is 0 Å². The Morgan fingerprint density at radius 3 is 2.29 bits per heavy atom. The van der Waals surface area contributed by atoms with Gasteiger partial charge in [0.15, 0.2) is 0 Å². The summed E-state index contributed by atoms with van der Waals surface area (Å²) in [5, 5.41) is 0. The van der Waals surface area contributed by atoms with E-state index in [1.165, 1.54) is 0 Å². The molecule has 0 atom stereocenters. The highest BCUT2D eigenvalue weighted by molar-refractivity contribution is 5.93. The van der Waals surface area contributed by atoms with Gasteiger partial charge >= 0.3 is 0 Å². The zero-order valence-electron chi connectivity index (χ0n) is 10.9. The molecule has 0 N–H and O–H groups in total. The summed E-state index contributed by atoms with van der Waals surface area (Å²) < 4.78 is 0. The van der Waals surface area contributed by atoms with Gasteiger partial charge in [-0.3, -0.25) is 4.79 Å². The highest BCUT2D eigenvalue weighted by Gasteiger charge is 2.14. The fraction of sp³-hybridized carbons (Fsp3) is 0.533. The molecule has 2 heteroatoms. The van der Waals surface area contributed by atoms with Crippen LogP contribution in [0.3, 0.4) is 0 Å². The van der Waals surface area contributed by atoms with Crippen molar-refractivity contribution >= 4 is 5.91 Å². The van der Waals surface area contributed by atoms with Gasteiger partial charge in [0.1, 0.15) is 0 Å². The number of carbonyl (C=O) groups is 1. The van der Waals surface area contributed by atoms with Gasteiger partial charge < -0.3 is 4.90 Å². The maximum absolute atomic E-state index is 12.3. The van der Waals surface area contributed by atoms with Crippen molar-refractivity contribution < 1.29 is 4.79 Å². The van der Waals surface area contributed by atoms with Crippen LogP contribution in [0.5, 0.6) is 0 Å². The first kappa shape index (κ1) is 13.8. The monoisotopic (exact) mass is 232 g/mol. The van der Waals surface area contributed by atoms with Crippen LogP contribution in [0, 0.1) is 6.07 Å². The largest absolute Gasteiger partial charge is 0.339 e. The minimum Gasteiger partial charge on any atom is -0.339 e. The number of amides is 1. The van der Waals surface area contributed by atoms with Crippen LogP contribution in [0.4, 0.5) is 0 Å². The van der Waals surface area contributed by atoms with Crippen molar-refractivity contribution in [2.75, 3.05) is 13.1 Å². The molecule has 0 aliphatic rings. The van der Waals surface area contributed by atoms with Crippen molar-refractivity contribution in [1.29, 1.82) is 0 Å². The lowest BCUT2D eigenvalue weighted by Gasteiger charge is -2.22. The van der Waals surface area contributed by atoms with Crippen LogP contribution in [0.1, 0.15) is 49.9 Å². The van der Waals surface area contributed by atoms with Crippen LogP contribution < -0.4 is 0 Å². The molecule has 17 heavy (non-hydrogen) atoms. The highest BCUT2D eigenvalue weighted by atomic mass is 16.2. The molecule has 0 saturated heterocycles. The molecule has 0 fully saturated rings. The van der Waals surface area contributed by atoms with Gasteiger partial charge in [-0.05, 0) is 25.0 Å². The number of rotatable bonds is 7. The maximum Gasteiger partial charge on any atom is 0.254 e. The summed E-state index contributed by atoms with van der Waals surface area (Å²) in [5.41, 5.74) is 0.680. The first-order valence-corrected chi connectivity index (χ1v) is 6.55. The molecule has 0 saturated carbocycles. The molecule has 2 nitrogen and oxygen atoms in total. The molecular weight excluding hydrogens is 210 g/mol. The summed E-state index contributed by atoms with van der Waals surface area (Å²) in [6.45, 7) is 6.02. The van der Waals surface area contributed by atoms with E-state index in [-0.39, 0.29) is 5.91 Å². The first-order chi connectivity index (χ1) is 8.29. The number of benzene rings is 1. The van der Waals surface area contributed by atoms with Crippen LogP contribution >= 0.6 is 0 Å². The molecule has 0 aliphatic carbocycles. The van der Waals surface area contributed by atoms with Gasteiger partial charge in [0.2, 0.25) is 0 Å². The zero-order chi connectivity index (χ0) is 12.5. The standard InChI is InChI=1S/C15H22NO/c1-3-5-12-16(13-6-4-2)15(17)14-10-8-7-9-11-14/h7-10H,3-6,12-13H2,1-2H3. The molecule has 1 aromatic carbocycles. The van der Waals surface area contributed by atoms with Gasteiger partial charge in [0.25, 0.3) is 5.91 Å². The molecule has 1 rings (SSSR count). The normalized spacial score (nSPS) is 10.2. The third-order valence-corrected chi connectivity index (χ3v) is 2.79. The highest BCUT2D eigenvalue weighted by Crippen LogP contribution is 2.07. The Balaban J connectivity index is 2.64. The number of hydrogen-bond acceptors (Lipinski definition) is 1. The van der Waals surface area contributed by atoms with E-state index in [0.717, 1.165) is 38.8 Å². The predicted molar refractivity (Wildman–Crippen MR) is 71.0 cm³/mol. The minimum absolute atomic E-state index is 0.118. The van der Waals surface area contributed by atoms with E-state index >= 15 is 0 Å². The lowest BCUT2D eigenvalue weighted by atomic mass is 10.1. The molecule has 0 heterocycles. The van der Waals surface area contributed by atoms with Gasteiger partial charge in [0, 0.05) is 18.7 Å². The molecule has 0 spiro atoms. The van der Waals surface area contributed by atoms with Crippen LogP contribution in [0.15, 0.2) is 24.3 Å². The Kier molecular flexibility index (Phi) is 6.38. The molecule has 0 unspecified atom stereocenters. The van der Waals surface area contributed by atoms with Crippen molar-refractivity contribution in [2.45, 2.75) is 39.5 Å². The van der Waals surface area contributed by atoms with Crippen molar-refractivity contribution in [3.63, 3.8) is 0 Å². The lowest BCUT2D eigenvalue weighted by molar-refractivity contribution is 0.0750. The Hall–Kier alpha value is -1.31. The third kappa shape index (κ3) is 4.59. The summed E-state index contributed by atoms with van der Waals surface area (Å²) in [6, 6.07) is 10.4. The van der Waals surface area contributed by atoms with Crippen LogP contribution in [-0.2, 0) is 0 Å². The van der Waals surface area contributed by atoms with E-state index in [2.05, 4.69) is 19.9 Å². The van der Waals surface area contributed by atoms with Crippen LogP contribution in [0.25, 0.3) is 0 Å². The Morgan fingerprint density at radius 1 is 1.18 bits per heavy atom. The fourth-order valence-electron chi connectivity index (χ4n) is 1.71. The zero-order valence-corrected chi connectivity index (χ0v) is 10.9. The first-order valence-electron chi connectivity index (χ1n) is 6.55. The van der Waals surface area contributed by atoms with E-state index in [9.17, 15) is 4.79 Å². The van der Waals surface area contributed by atoms with Crippen molar-refractivity contribution in [3.05, 3.63) is 35.9 Å². The van der Waals surface area contributed by atoms with Crippen molar-refractivity contribution in [1.82, 2.24) is 4.90 Å². The molecule has 0 aromatic heterocycles. The summed E-state index contributed by atoms with van der Waals surface area (Å²) in [7, 11) is 0. The van der Waals surface area contributed by atoms with Crippen LogP contribution in [-0.4, -0.2) is 23.9 Å². The quantitative estimate of drug-likeness (QED) is 0.704. The smallest absolute Gasteiger partial charge is 0.254 e. The van der Waals surface area contributed by atoms with E-state index in [4.69, 9.17) is 0 Å². The molecule has 0 bridgehead atoms. The summed E-state index contributed by atoms with van der Waals surface area (Å²) in [6.07, 6.45) is 4.38. The SMILES string of the molecule is CCCCN(CCCC)C(=O)c1[c]cccc1. The van der Waals surface area contributed by atoms with Crippen LogP contribution in [0.2, 0.25) is 0 Å². The number of hydrogen-bond donors (Lipinski definition) is 0. The summed E-state index contributed by atoms with van der Waals surface area (Å²) >= 11 is 0. The van der Waals surface area contributed by atoms with E-state index in [0.29, 0.717) is 5.56 Å². The van der Waals surface area contributed by atoms with Gasteiger partial charge in [-0.2, -0.15) is 0 Å². The molecule has 1 radical (unpaired) electrons. The second-order valence-electron chi connectivity index (χ2n) is 4.28. The molecular formula is C15H22NO. The molecule has 93 valence electrons. The van der Waals surface area contributed by atoms with Gasteiger partial charge in [-0.1, -0.05) is 44.9 Å². The number of unbranched alkanes of at least 4 members (excludes halogenated alkanes) is 2. The van der Waals surface area contributed by atoms with E-state index < -0.39 is 0 Å². The van der Waals surface area contributed by atoms with Gasteiger partial charge in [0.05, 0.1) is 0 Å². The molecule has 0 aliphatic heterocycles. The average Bonchev–Trinajstić information content (AvgIpc) is 2.39. The predicted octanol–water partition coefficient (Wildman–Crippen LogP) is 3.53.